The lowest BCUT2D eigenvalue weighted by Gasteiger charge is -2.29. The number of hydrogen-bond donors (Lipinski definition) is 2. The van der Waals surface area contributed by atoms with Crippen LogP contribution in [0.5, 0.6) is 0 Å². The van der Waals surface area contributed by atoms with Crippen LogP contribution in [0.4, 0.5) is 0 Å². The van der Waals surface area contributed by atoms with Crippen LogP contribution >= 0.6 is 7.82 Å². The minimum absolute atomic E-state index is 0.00680. The van der Waals surface area contributed by atoms with Crippen LogP contribution in [0.1, 0.15) is 110 Å². The standard InChI is InChI=1S/C32H61N2O6P/c1-6-8-10-11-12-13-14-15-16-17-18-19-20-21-22-24-26-32(36)33-30(31(35)25-23-9-7-2)29-40-41(37,38)39-28-27-34(3,4)5/h13-14,16-17,23,25,30-31,35H,6-12,15,18-22,24,26-29H2,1-5H3,(H-,33,36,37,38)/b14-13-,17-16-,25-23+. The van der Waals surface area contributed by atoms with Crippen molar-refractivity contribution in [1.82, 2.24) is 5.32 Å². The second kappa shape index (κ2) is 25.2. The molecule has 41 heavy (non-hydrogen) atoms. The van der Waals surface area contributed by atoms with Gasteiger partial charge >= 0.3 is 0 Å². The first-order valence-electron chi connectivity index (χ1n) is 15.9. The second-order valence-electron chi connectivity index (χ2n) is 11.8. The van der Waals surface area contributed by atoms with E-state index in [0.717, 1.165) is 57.8 Å². The van der Waals surface area contributed by atoms with Crippen molar-refractivity contribution >= 4 is 13.7 Å². The van der Waals surface area contributed by atoms with Gasteiger partial charge in [0.15, 0.2) is 0 Å². The van der Waals surface area contributed by atoms with Crippen molar-refractivity contribution in [2.75, 3.05) is 40.9 Å². The van der Waals surface area contributed by atoms with Gasteiger partial charge in [0.1, 0.15) is 13.2 Å². The molecule has 240 valence electrons. The zero-order chi connectivity index (χ0) is 30.8. The number of unbranched alkanes of at least 4 members (excludes halogenated alkanes) is 10. The van der Waals surface area contributed by atoms with Crippen molar-refractivity contribution in [1.29, 1.82) is 0 Å². The summed E-state index contributed by atoms with van der Waals surface area (Å²) in [6, 6.07) is -0.887. The molecule has 0 saturated carbocycles. The molecule has 3 unspecified atom stereocenters. The summed E-state index contributed by atoms with van der Waals surface area (Å²) in [6.07, 6.45) is 26.9. The monoisotopic (exact) mass is 600 g/mol. The first kappa shape index (κ1) is 39.7. The molecule has 0 heterocycles. The number of hydrogen-bond acceptors (Lipinski definition) is 6. The highest BCUT2D eigenvalue weighted by atomic mass is 31.2. The molecule has 2 N–H and O–H groups in total. The zero-order valence-electron chi connectivity index (χ0n) is 26.7. The number of likely N-dealkylation sites (N-methyl/N-ethyl adjacent to an activating group) is 1. The number of carbonyl (C=O) groups excluding carboxylic acids is 1. The van der Waals surface area contributed by atoms with Crippen molar-refractivity contribution in [2.24, 2.45) is 0 Å². The molecule has 0 aromatic rings. The Morgan fingerprint density at radius 2 is 1.46 bits per heavy atom. The van der Waals surface area contributed by atoms with Gasteiger partial charge in [-0.05, 0) is 44.9 Å². The van der Waals surface area contributed by atoms with Gasteiger partial charge in [-0.2, -0.15) is 0 Å². The van der Waals surface area contributed by atoms with Crippen LogP contribution in [0, 0.1) is 0 Å². The van der Waals surface area contributed by atoms with Gasteiger partial charge in [-0.3, -0.25) is 9.36 Å². The molecule has 0 radical (unpaired) electrons. The van der Waals surface area contributed by atoms with Gasteiger partial charge in [-0.1, -0.05) is 95.2 Å². The van der Waals surface area contributed by atoms with E-state index < -0.39 is 26.6 Å². The van der Waals surface area contributed by atoms with Gasteiger partial charge in [-0.25, -0.2) is 0 Å². The molecule has 0 aliphatic heterocycles. The number of aliphatic hydroxyl groups is 1. The summed E-state index contributed by atoms with van der Waals surface area (Å²) in [5, 5.41) is 13.3. The van der Waals surface area contributed by atoms with Crippen LogP contribution < -0.4 is 10.2 Å². The van der Waals surface area contributed by atoms with Crippen molar-refractivity contribution in [3.05, 3.63) is 36.5 Å². The number of aliphatic hydroxyl groups excluding tert-OH is 1. The molecule has 8 nitrogen and oxygen atoms in total. The maximum absolute atomic E-state index is 12.5. The van der Waals surface area contributed by atoms with Gasteiger partial charge in [0.25, 0.3) is 7.82 Å². The molecule has 0 aromatic carbocycles. The van der Waals surface area contributed by atoms with Crippen molar-refractivity contribution < 1.29 is 32.9 Å². The quantitative estimate of drug-likeness (QED) is 0.0476. The summed E-state index contributed by atoms with van der Waals surface area (Å²) in [5.74, 6) is -0.227. The lowest BCUT2D eigenvalue weighted by atomic mass is 10.1. The van der Waals surface area contributed by atoms with Gasteiger partial charge in [0.05, 0.1) is 39.9 Å². The first-order valence-corrected chi connectivity index (χ1v) is 17.3. The fourth-order valence-corrected chi connectivity index (χ4v) is 4.67. The van der Waals surface area contributed by atoms with E-state index in [-0.39, 0.29) is 12.5 Å². The number of nitrogens with one attached hydrogen (secondary N) is 1. The van der Waals surface area contributed by atoms with Crippen LogP contribution in [-0.2, 0) is 18.4 Å². The fourth-order valence-electron chi connectivity index (χ4n) is 3.95. The number of nitrogens with zero attached hydrogens (tertiary/aromatic N) is 1. The molecule has 0 aliphatic carbocycles. The molecule has 9 heteroatoms. The lowest BCUT2D eigenvalue weighted by molar-refractivity contribution is -0.870. The van der Waals surface area contributed by atoms with E-state index in [4.69, 9.17) is 9.05 Å². The third kappa shape index (κ3) is 27.3. The fraction of sp³-hybridized carbons (Fsp3) is 0.781. The van der Waals surface area contributed by atoms with Crippen LogP contribution in [0.3, 0.4) is 0 Å². The van der Waals surface area contributed by atoms with Crippen molar-refractivity contribution in [2.45, 2.75) is 122 Å². The van der Waals surface area contributed by atoms with Crippen LogP contribution in [0.25, 0.3) is 0 Å². The SMILES string of the molecule is CCC/C=C/C(O)C(COP(=O)([O-])OCC[N+](C)(C)C)NC(=O)CCCCCCC/C=C\C/C=C\CCCCCC. The summed E-state index contributed by atoms with van der Waals surface area (Å²) in [5.41, 5.74) is 0. The van der Waals surface area contributed by atoms with E-state index in [1.54, 1.807) is 6.08 Å². The van der Waals surface area contributed by atoms with Crippen LogP contribution in [-0.4, -0.2) is 68.5 Å². The van der Waals surface area contributed by atoms with E-state index >= 15 is 0 Å². The number of amides is 1. The molecular weight excluding hydrogens is 539 g/mol. The van der Waals surface area contributed by atoms with E-state index in [0.29, 0.717) is 17.4 Å². The second-order valence-corrected chi connectivity index (χ2v) is 13.2. The lowest BCUT2D eigenvalue weighted by Crippen LogP contribution is -2.45. The maximum atomic E-state index is 12.5. The summed E-state index contributed by atoms with van der Waals surface area (Å²) in [4.78, 5) is 24.7. The zero-order valence-corrected chi connectivity index (χ0v) is 27.6. The van der Waals surface area contributed by atoms with E-state index in [9.17, 15) is 19.4 Å². The number of phosphoric acid groups is 1. The number of rotatable bonds is 27. The molecule has 0 saturated heterocycles. The van der Waals surface area contributed by atoms with E-state index in [2.05, 4.69) is 36.5 Å². The molecule has 0 bridgehead atoms. The van der Waals surface area contributed by atoms with Gasteiger partial charge in [-0.15, -0.1) is 0 Å². The normalized spacial score (nSPS) is 15.6. The van der Waals surface area contributed by atoms with E-state index in [1.165, 1.54) is 32.1 Å². The minimum Gasteiger partial charge on any atom is -0.756 e. The van der Waals surface area contributed by atoms with Crippen molar-refractivity contribution in [3.8, 4) is 0 Å². The number of quaternary nitrogens is 1. The Hall–Kier alpha value is -1.28. The third-order valence-electron chi connectivity index (χ3n) is 6.58. The number of carbonyl (C=O) groups is 1. The topological polar surface area (TPSA) is 108 Å². The van der Waals surface area contributed by atoms with Gasteiger partial charge in [0.2, 0.25) is 5.91 Å². The molecule has 0 aromatic heterocycles. The maximum Gasteiger partial charge on any atom is 0.268 e. The van der Waals surface area contributed by atoms with Gasteiger partial charge < -0.3 is 28.8 Å². The predicted molar refractivity (Wildman–Crippen MR) is 168 cm³/mol. The number of allylic oxidation sites excluding steroid dienone is 5. The Bertz CT molecular complexity index is 779. The minimum atomic E-state index is -4.56. The first-order chi connectivity index (χ1) is 19.5. The third-order valence-corrected chi connectivity index (χ3v) is 7.54. The Kier molecular flexibility index (Phi) is 24.5. The Balaban J connectivity index is 4.30. The highest BCUT2D eigenvalue weighted by molar-refractivity contribution is 7.45. The van der Waals surface area contributed by atoms with Gasteiger partial charge in [0, 0.05) is 6.42 Å². The van der Waals surface area contributed by atoms with Crippen molar-refractivity contribution in [3.63, 3.8) is 0 Å². The van der Waals surface area contributed by atoms with Crippen LogP contribution in [0.2, 0.25) is 0 Å². The molecule has 1 amide bonds. The molecule has 0 fully saturated rings. The summed E-state index contributed by atoms with van der Waals surface area (Å²) in [6.45, 7) is 4.35. The molecule has 0 aliphatic rings. The Morgan fingerprint density at radius 3 is 2.07 bits per heavy atom. The molecule has 3 atom stereocenters. The smallest absolute Gasteiger partial charge is 0.268 e. The molecule has 0 spiro atoms. The highest BCUT2D eigenvalue weighted by Crippen LogP contribution is 2.38. The molecular formula is C32H61N2O6P. The Morgan fingerprint density at radius 1 is 0.854 bits per heavy atom. The highest BCUT2D eigenvalue weighted by Gasteiger charge is 2.23. The average Bonchev–Trinajstić information content (AvgIpc) is 2.90. The van der Waals surface area contributed by atoms with E-state index in [1.807, 2.05) is 34.1 Å². The Labute approximate surface area is 251 Å². The predicted octanol–water partition coefficient (Wildman–Crippen LogP) is 6.60. The number of phosphoric ester groups is 1. The average molecular weight is 601 g/mol. The molecule has 0 rings (SSSR count). The largest absolute Gasteiger partial charge is 0.756 e. The van der Waals surface area contributed by atoms with Crippen LogP contribution in [0.15, 0.2) is 36.5 Å². The summed E-state index contributed by atoms with van der Waals surface area (Å²) in [7, 11) is 1.23. The summed E-state index contributed by atoms with van der Waals surface area (Å²) < 4.78 is 22.7. The summed E-state index contributed by atoms with van der Waals surface area (Å²) >= 11 is 0.